The SMILES string of the molecule is CC(C)(C)c1cc(C(C)(C)C)c(S(OC(=O)c2ccccc2O)(c2c(C(C)(C)C)cc(C(C)(C)C)cc2C(C)(C)C)c2c(C(C)(C)C)cc(C(C)(C)C)cc2C(C)(C)C)c(C(C)(C)C)c1. The first-order chi connectivity index (χ1) is 28.8. The predicted molar refractivity (Wildman–Crippen MR) is 284 cm³/mol. The number of carbonyl (C=O) groups is 1. The summed E-state index contributed by atoms with van der Waals surface area (Å²) in [6.07, 6.45) is 0. The van der Waals surface area contributed by atoms with Crippen molar-refractivity contribution in [1.29, 1.82) is 0 Å². The summed E-state index contributed by atoms with van der Waals surface area (Å²) in [6, 6.07) is 21.6. The molecule has 4 rings (SSSR count). The first-order valence-corrected chi connectivity index (χ1v) is 25.8. The average Bonchev–Trinajstić information content (AvgIpc) is 3.09. The maximum absolute atomic E-state index is 16.1. The number of phenols is 1. The van der Waals surface area contributed by atoms with Crippen molar-refractivity contribution in [3.05, 3.63) is 116 Å². The predicted octanol–water partition coefficient (Wildman–Crippen LogP) is 18.1. The van der Waals surface area contributed by atoms with Gasteiger partial charge in [0.1, 0.15) is 11.3 Å². The Morgan fingerprint density at radius 3 is 0.769 bits per heavy atom. The highest BCUT2D eigenvalue weighted by molar-refractivity contribution is 8.30. The monoisotopic (exact) mass is 905 g/mol. The first kappa shape index (κ1) is 54.1. The molecular formula is C61H92O3S. The summed E-state index contributed by atoms with van der Waals surface area (Å²) in [5.74, 6) is -0.622. The molecule has 0 aliphatic heterocycles. The van der Waals surface area contributed by atoms with E-state index in [1.165, 1.54) is 50.1 Å². The third kappa shape index (κ3) is 11.1. The van der Waals surface area contributed by atoms with Crippen LogP contribution in [-0.2, 0) is 52.9 Å². The van der Waals surface area contributed by atoms with Crippen molar-refractivity contribution in [3.63, 3.8) is 0 Å². The lowest BCUT2D eigenvalue weighted by Crippen LogP contribution is -2.33. The van der Waals surface area contributed by atoms with Crippen molar-refractivity contribution in [1.82, 2.24) is 0 Å². The molecule has 0 aliphatic carbocycles. The summed E-state index contributed by atoms with van der Waals surface area (Å²) in [6.45, 7) is 62.7. The van der Waals surface area contributed by atoms with Crippen LogP contribution in [0.25, 0.3) is 0 Å². The third-order valence-corrected chi connectivity index (χ3v) is 16.3. The third-order valence-electron chi connectivity index (χ3n) is 12.9. The van der Waals surface area contributed by atoms with E-state index in [0.717, 1.165) is 14.7 Å². The molecule has 0 unspecified atom stereocenters. The molecule has 3 nitrogen and oxygen atoms in total. The summed E-state index contributed by atoms with van der Waals surface area (Å²) < 4.78 is 8.14. The van der Waals surface area contributed by atoms with E-state index in [1.807, 2.05) is 6.07 Å². The second kappa shape index (κ2) is 16.9. The van der Waals surface area contributed by atoms with E-state index < -0.39 is 48.8 Å². The van der Waals surface area contributed by atoms with E-state index in [1.54, 1.807) is 18.2 Å². The molecule has 0 fully saturated rings. The quantitative estimate of drug-likeness (QED) is 0.217. The minimum atomic E-state index is -3.23. The Kier molecular flexibility index (Phi) is 14.1. The van der Waals surface area contributed by atoms with E-state index in [2.05, 4.69) is 223 Å². The lowest BCUT2D eigenvalue weighted by Gasteiger charge is -2.52. The van der Waals surface area contributed by atoms with Gasteiger partial charge in [-0.3, -0.25) is 0 Å². The molecule has 4 aromatic rings. The molecule has 1 N–H and O–H groups in total. The summed E-state index contributed by atoms with van der Waals surface area (Å²) in [5, 5.41) is 11.7. The Bertz CT molecular complexity index is 2080. The molecular weight excluding hydrogens is 813 g/mol. The van der Waals surface area contributed by atoms with Gasteiger partial charge in [-0.05, 0) is 121 Å². The normalized spacial score (nSPS) is 14.4. The van der Waals surface area contributed by atoms with Gasteiger partial charge in [-0.15, -0.1) is 0 Å². The number of phenolic OH excluding ortho intramolecular Hbond substituents is 1. The van der Waals surface area contributed by atoms with Gasteiger partial charge in [-0.1, -0.05) is 235 Å². The fourth-order valence-electron chi connectivity index (χ4n) is 8.69. The fourth-order valence-corrected chi connectivity index (χ4v) is 13.9. The van der Waals surface area contributed by atoms with Crippen molar-refractivity contribution in [2.24, 2.45) is 0 Å². The summed E-state index contributed by atoms with van der Waals surface area (Å²) in [7, 11) is -3.23. The van der Waals surface area contributed by atoms with Crippen LogP contribution in [0, 0.1) is 0 Å². The Morgan fingerprint density at radius 1 is 0.369 bits per heavy atom. The van der Waals surface area contributed by atoms with E-state index in [0.29, 0.717) is 0 Å². The zero-order valence-electron chi connectivity index (χ0n) is 46.4. The number of benzene rings is 4. The maximum Gasteiger partial charge on any atom is 0.353 e. The number of hydrogen-bond acceptors (Lipinski definition) is 3. The number of para-hydroxylation sites is 1. The number of rotatable bonds is 5. The van der Waals surface area contributed by atoms with Crippen LogP contribution < -0.4 is 0 Å². The smallest absolute Gasteiger partial charge is 0.353 e. The fraction of sp³-hybridized carbons (Fsp3) is 0.590. The first-order valence-electron chi connectivity index (χ1n) is 24.2. The van der Waals surface area contributed by atoms with Crippen LogP contribution in [0.4, 0.5) is 0 Å². The van der Waals surface area contributed by atoms with Gasteiger partial charge in [0, 0.05) is 14.7 Å². The van der Waals surface area contributed by atoms with Crippen LogP contribution in [0.15, 0.2) is 75.4 Å². The molecule has 0 saturated heterocycles. The second-order valence-electron chi connectivity index (χ2n) is 28.4. The average molecular weight is 905 g/mol. The standard InChI is InChI=1S/C61H92O3S/c1-53(2,3)38-32-42(56(10,11)12)49(43(33-38)57(13,14)15)65(64-52(63)41-30-28-29-31-48(41)62,50-44(58(16,17)18)34-39(54(4,5)6)35-45(50)59(19,20)21)51-46(60(22,23)24)36-40(55(7,8)9)37-47(51)61(25,26)27/h28-37,62H,1-27H3. The number of aromatic hydroxyl groups is 1. The van der Waals surface area contributed by atoms with Gasteiger partial charge in [0.25, 0.3) is 0 Å². The minimum Gasteiger partial charge on any atom is -0.507 e. The summed E-state index contributed by atoms with van der Waals surface area (Å²) >= 11 is 0. The van der Waals surface area contributed by atoms with Gasteiger partial charge in [-0.25, -0.2) is 4.79 Å². The Balaban J connectivity index is 2.86. The van der Waals surface area contributed by atoms with Gasteiger partial charge >= 0.3 is 5.97 Å². The number of hydrogen-bond donors (Lipinski definition) is 1. The molecule has 0 spiro atoms. The Hall–Kier alpha value is -3.50. The van der Waals surface area contributed by atoms with Crippen LogP contribution in [0.2, 0.25) is 0 Å². The van der Waals surface area contributed by atoms with Gasteiger partial charge in [0.05, 0.1) is 0 Å². The van der Waals surface area contributed by atoms with Crippen molar-refractivity contribution in [2.75, 3.05) is 0 Å². The molecule has 4 heteroatoms. The molecule has 0 bridgehead atoms. The molecule has 4 aromatic carbocycles. The van der Waals surface area contributed by atoms with Crippen LogP contribution in [0.1, 0.15) is 247 Å². The van der Waals surface area contributed by atoms with Crippen molar-refractivity contribution < 1.29 is 14.1 Å². The van der Waals surface area contributed by atoms with Gasteiger partial charge in [0.2, 0.25) is 0 Å². The molecule has 0 atom stereocenters. The van der Waals surface area contributed by atoms with E-state index in [4.69, 9.17) is 4.18 Å². The lowest BCUT2D eigenvalue weighted by atomic mass is 9.75. The van der Waals surface area contributed by atoms with Crippen molar-refractivity contribution in [3.8, 4) is 5.75 Å². The highest BCUT2D eigenvalue weighted by Crippen LogP contribution is 2.78. The molecule has 0 amide bonds. The molecule has 0 heterocycles. The van der Waals surface area contributed by atoms with Crippen LogP contribution in [-0.4, -0.2) is 11.1 Å². The lowest BCUT2D eigenvalue weighted by molar-refractivity contribution is 0.0752. The van der Waals surface area contributed by atoms with E-state index in [9.17, 15) is 5.11 Å². The minimum absolute atomic E-state index is 0.0914. The summed E-state index contributed by atoms with van der Waals surface area (Å²) in [4.78, 5) is 19.4. The summed E-state index contributed by atoms with van der Waals surface area (Å²) in [5.41, 5.74) is 8.03. The highest BCUT2D eigenvalue weighted by atomic mass is 32.3. The van der Waals surface area contributed by atoms with Crippen LogP contribution in [0.5, 0.6) is 5.75 Å². The zero-order valence-corrected chi connectivity index (χ0v) is 47.3. The molecule has 0 saturated carbocycles. The van der Waals surface area contributed by atoms with Gasteiger partial charge in [0.15, 0.2) is 0 Å². The Morgan fingerprint density at radius 2 is 0.585 bits per heavy atom. The van der Waals surface area contributed by atoms with Gasteiger partial charge < -0.3 is 9.29 Å². The van der Waals surface area contributed by atoms with Gasteiger partial charge in [-0.2, -0.15) is 0 Å². The molecule has 65 heavy (non-hydrogen) atoms. The largest absolute Gasteiger partial charge is 0.507 e. The van der Waals surface area contributed by atoms with E-state index >= 15 is 4.79 Å². The molecule has 360 valence electrons. The molecule has 0 aromatic heterocycles. The molecule has 0 radical (unpaired) electrons. The maximum atomic E-state index is 16.1. The van der Waals surface area contributed by atoms with Crippen LogP contribution >= 0.6 is 10.3 Å². The Labute approximate surface area is 400 Å². The number of carbonyl (C=O) groups excluding carboxylic acids is 1. The van der Waals surface area contributed by atoms with Crippen LogP contribution in [0.3, 0.4) is 0 Å². The van der Waals surface area contributed by atoms with Crippen molar-refractivity contribution in [2.45, 2.75) is 250 Å². The highest BCUT2D eigenvalue weighted by Gasteiger charge is 2.52. The zero-order chi connectivity index (χ0) is 50.4. The van der Waals surface area contributed by atoms with Crippen molar-refractivity contribution >= 4 is 16.3 Å². The topological polar surface area (TPSA) is 46.5 Å². The second-order valence-corrected chi connectivity index (χ2v) is 30.9. The van der Waals surface area contributed by atoms with E-state index in [-0.39, 0.29) is 27.6 Å². The molecule has 0 aliphatic rings.